The summed E-state index contributed by atoms with van der Waals surface area (Å²) in [5.41, 5.74) is 3.00. The van der Waals surface area contributed by atoms with Crippen LogP contribution in [0.2, 0.25) is 0 Å². The largest absolute Gasteiger partial charge is 0.334 e. The molecule has 0 fully saturated rings. The van der Waals surface area contributed by atoms with Crippen molar-refractivity contribution in [3.63, 3.8) is 0 Å². The molecule has 1 aromatic heterocycles. The normalized spacial score (nSPS) is 10.8. The summed E-state index contributed by atoms with van der Waals surface area (Å²) in [4.78, 5) is 29.5. The molecule has 4 nitrogen and oxygen atoms in total. The fourth-order valence-corrected chi connectivity index (χ4v) is 2.72. The maximum absolute atomic E-state index is 12.7. The Kier molecular flexibility index (Phi) is 4.47. The van der Waals surface area contributed by atoms with E-state index in [1.54, 1.807) is 4.90 Å². The number of benzene rings is 2. The Balaban J connectivity index is 1.90. The Bertz CT molecular complexity index is 926. The van der Waals surface area contributed by atoms with E-state index in [1.165, 1.54) is 0 Å². The van der Waals surface area contributed by atoms with Crippen LogP contribution < -0.4 is 5.56 Å². The quantitative estimate of drug-likeness (QED) is 0.800. The lowest BCUT2D eigenvalue weighted by atomic mass is 10.1. The van der Waals surface area contributed by atoms with E-state index < -0.39 is 0 Å². The number of aromatic nitrogens is 1. The van der Waals surface area contributed by atoms with Gasteiger partial charge in [0.2, 0.25) is 0 Å². The third kappa shape index (κ3) is 3.23. The van der Waals surface area contributed by atoms with Crippen LogP contribution in [0.4, 0.5) is 0 Å². The van der Waals surface area contributed by atoms with Crippen LogP contribution in [0, 0.1) is 6.92 Å². The van der Waals surface area contributed by atoms with Crippen LogP contribution in [-0.4, -0.2) is 22.3 Å². The second-order valence-corrected chi connectivity index (χ2v) is 5.90. The highest BCUT2D eigenvalue weighted by atomic mass is 16.2. The van der Waals surface area contributed by atoms with Gasteiger partial charge in [-0.05, 0) is 43.5 Å². The Hall–Kier alpha value is -2.88. The first-order chi connectivity index (χ1) is 11.6. The highest BCUT2D eigenvalue weighted by Gasteiger charge is 2.16. The van der Waals surface area contributed by atoms with Crippen molar-refractivity contribution in [2.75, 3.05) is 6.54 Å². The summed E-state index contributed by atoms with van der Waals surface area (Å²) in [5.74, 6) is -0.0648. The van der Waals surface area contributed by atoms with Crippen LogP contribution in [0.3, 0.4) is 0 Å². The average Bonchev–Trinajstić information content (AvgIpc) is 2.60. The fraction of sp³-hybridized carbons (Fsp3) is 0.200. The van der Waals surface area contributed by atoms with Gasteiger partial charge in [0.25, 0.3) is 11.5 Å². The molecule has 0 saturated heterocycles. The van der Waals surface area contributed by atoms with Gasteiger partial charge in [-0.25, -0.2) is 0 Å². The molecule has 2 aromatic carbocycles. The van der Waals surface area contributed by atoms with Gasteiger partial charge < -0.3 is 9.88 Å². The highest BCUT2D eigenvalue weighted by molar-refractivity contribution is 5.94. The average molecular weight is 320 g/mol. The van der Waals surface area contributed by atoms with Crippen molar-refractivity contribution in [1.82, 2.24) is 9.88 Å². The maximum atomic E-state index is 12.7. The number of nitrogens with one attached hydrogen (secondary N) is 1. The van der Waals surface area contributed by atoms with E-state index >= 15 is 0 Å². The SMILES string of the molecule is CCN(Cc1cc2ccccc2[nH]c1=O)C(=O)c1ccc(C)cc1. The molecule has 0 unspecified atom stereocenters. The lowest BCUT2D eigenvalue weighted by Gasteiger charge is -2.21. The summed E-state index contributed by atoms with van der Waals surface area (Å²) in [6.45, 7) is 4.74. The number of amides is 1. The molecule has 0 aliphatic rings. The molecule has 1 N–H and O–H groups in total. The van der Waals surface area contributed by atoms with E-state index in [2.05, 4.69) is 4.98 Å². The number of nitrogens with zero attached hydrogens (tertiary/aromatic N) is 1. The van der Waals surface area contributed by atoms with Crippen molar-refractivity contribution in [3.8, 4) is 0 Å². The number of carbonyl (C=O) groups excluding carboxylic acids is 1. The Labute approximate surface area is 140 Å². The van der Waals surface area contributed by atoms with Crippen molar-refractivity contribution in [2.24, 2.45) is 0 Å². The molecule has 122 valence electrons. The van der Waals surface area contributed by atoms with Crippen molar-refractivity contribution in [1.29, 1.82) is 0 Å². The van der Waals surface area contributed by atoms with Gasteiger partial charge in [-0.3, -0.25) is 9.59 Å². The number of carbonyl (C=O) groups is 1. The molecule has 0 atom stereocenters. The third-order valence-corrected chi connectivity index (χ3v) is 4.16. The Morgan fingerprint density at radius 1 is 1.08 bits per heavy atom. The molecule has 0 saturated carbocycles. The first-order valence-corrected chi connectivity index (χ1v) is 8.05. The zero-order valence-electron chi connectivity index (χ0n) is 13.9. The highest BCUT2D eigenvalue weighted by Crippen LogP contribution is 2.13. The minimum Gasteiger partial charge on any atom is -0.334 e. The van der Waals surface area contributed by atoms with Gasteiger partial charge in [-0.2, -0.15) is 0 Å². The molecule has 1 amide bonds. The van der Waals surface area contributed by atoms with Gasteiger partial charge in [0.1, 0.15) is 0 Å². The lowest BCUT2D eigenvalue weighted by molar-refractivity contribution is 0.0752. The van der Waals surface area contributed by atoms with Gasteiger partial charge in [0.15, 0.2) is 0 Å². The Morgan fingerprint density at radius 2 is 1.79 bits per heavy atom. The minimum atomic E-state index is -0.149. The number of pyridine rings is 1. The van der Waals surface area contributed by atoms with Gasteiger partial charge >= 0.3 is 0 Å². The summed E-state index contributed by atoms with van der Waals surface area (Å²) < 4.78 is 0. The molecule has 3 aromatic rings. The molecule has 0 radical (unpaired) electrons. The molecule has 4 heteroatoms. The topological polar surface area (TPSA) is 53.2 Å². The van der Waals surface area contributed by atoms with Crippen LogP contribution in [0.5, 0.6) is 0 Å². The van der Waals surface area contributed by atoms with Gasteiger partial charge in [0, 0.05) is 23.2 Å². The van der Waals surface area contributed by atoms with Crippen LogP contribution in [0.25, 0.3) is 10.9 Å². The van der Waals surface area contributed by atoms with Crippen LogP contribution >= 0.6 is 0 Å². The number of hydrogen-bond acceptors (Lipinski definition) is 2. The molecule has 24 heavy (non-hydrogen) atoms. The minimum absolute atomic E-state index is 0.0648. The van der Waals surface area contributed by atoms with Gasteiger partial charge in [-0.15, -0.1) is 0 Å². The van der Waals surface area contributed by atoms with E-state index in [0.29, 0.717) is 24.2 Å². The van der Waals surface area contributed by atoms with Crippen LogP contribution in [0.1, 0.15) is 28.4 Å². The molecular weight excluding hydrogens is 300 g/mol. The van der Waals surface area contributed by atoms with Crippen LogP contribution in [0.15, 0.2) is 59.4 Å². The standard InChI is InChI=1S/C20H20N2O2/c1-3-22(20(24)15-10-8-14(2)9-11-15)13-17-12-16-6-4-5-7-18(16)21-19(17)23/h4-12H,3,13H2,1-2H3,(H,21,23). The van der Waals surface area contributed by atoms with Crippen LogP contribution in [-0.2, 0) is 6.54 Å². The molecule has 0 aliphatic heterocycles. The predicted octanol–water partition coefficient (Wildman–Crippen LogP) is 3.50. The number of aromatic amines is 1. The Morgan fingerprint density at radius 3 is 2.50 bits per heavy atom. The summed E-state index contributed by atoms with van der Waals surface area (Å²) >= 11 is 0. The van der Waals surface area contributed by atoms with Crippen molar-refractivity contribution >= 4 is 16.8 Å². The fourth-order valence-electron chi connectivity index (χ4n) is 2.72. The van der Waals surface area contributed by atoms with Crippen molar-refractivity contribution < 1.29 is 4.79 Å². The van der Waals surface area contributed by atoms with E-state index in [9.17, 15) is 9.59 Å². The number of hydrogen-bond donors (Lipinski definition) is 1. The van der Waals surface area contributed by atoms with E-state index in [0.717, 1.165) is 16.5 Å². The molecule has 0 aliphatic carbocycles. The van der Waals surface area contributed by atoms with E-state index in [4.69, 9.17) is 0 Å². The number of fused-ring (bicyclic) bond motifs is 1. The molecule has 0 spiro atoms. The smallest absolute Gasteiger partial charge is 0.254 e. The summed E-state index contributed by atoms with van der Waals surface area (Å²) in [7, 11) is 0. The first kappa shape index (κ1) is 16.0. The number of rotatable bonds is 4. The second kappa shape index (κ2) is 6.71. The number of H-pyrrole nitrogens is 1. The monoisotopic (exact) mass is 320 g/mol. The molecule has 1 heterocycles. The maximum Gasteiger partial charge on any atom is 0.254 e. The van der Waals surface area contributed by atoms with E-state index in [1.807, 2.05) is 68.4 Å². The van der Waals surface area contributed by atoms with Crippen molar-refractivity contribution in [2.45, 2.75) is 20.4 Å². The predicted molar refractivity (Wildman–Crippen MR) is 96.2 cm³/mol. The van der Waals surface area contributed by atoms with E-state index in [-0.39, 0.29) is 11.5 Å². The van der Waals surface area contributed by atoms with Gasteiger partial charge in [0.05, 0.1) is 6.54 Å². The molecule has 0 bridgehead atoms. The lowest BCUT2D eigenvalue weighted by Crippen LogP contribution is -2.32. The van der Waals surface area contributed by atoms with Gasteiger partial charge in [-0.1, -0.05) is 35.9 Å². The summed E-state index contributed by atoms with van der Waals surface area (Å²) in [5, 5.41) is 0.964. The number of para-hydroxylation sites is 1. The zero-order valence-corrected chi connectivity index (χ0v) is 13.9. The number of aryl methyl sites for hydroxylation is 1. The zero-order chi connectivity index (χ0) is 17.1. The third-order valence-electron chi connectivity index (χ3n) is 4.16. The summed E-state index contributed by atoms with van der Waals surface area (Å²) in [6.07, 6.45) is 0. The second-order valence-electron chi connectivity index (χ2n) is 5.90. The van der Waals surface area contributed by atoms with Crippen molar-refractivity contribution in [3.05, 3.63) is 81.6 Å². The first-order valence-electron chi connectivity index (χ1n) is 8.05. The summed E-state index contributed by atoms with van der Waals surface area (Å²) in [6, 6.07) is 17.0. The molecule has 3 rings (SSSR count). The molecular formula is C20H20N2O2.